The molecule has 1 aromatic heterocycles. The summed E-state index contributed by atoms with van der Waals surface area (Å²) < 4.78 is 5.34. The van der Waals surface area contributed by atoms with Crippen LogP contribution in [0.25, 0.3) is 0 Å². The van der Waals surface area contributed by atoms with E-state index in [1.54, 1.807) is 43.3 Å². The summed E-state index contributed by atoms with van der Waals surface area (Å²) in [5.41, 5.74) is 6.80. The zero-order valence-electron chi connectivity index (χ0n) is 15.8. The van der Waals surface area contributed by atoms with Crippen molar-refractivity contribution in [2.45, 2.75) is 20.0 Å². The molecule has 2 rings (SSSR count). The molecule has 0 atom stereocenters. The SMILES string of the molecule is CCNC(=NCc1ccc(C(=O)N(C)C)cc1)NCc1ccc(C(N)=O)o1. The highest BCUT2D eigenvalue weighted by atomic mass is 16.3. The lowest BCUT2D eigenvalue weighted by Gasteiger charge is -2.11. The summed E-state index contributed by atoms with van der Waals surface area (Å²) in [7, 11) is 3.45. The van der Waals surface area contributed by atoms with Crippen molar-refractivity contribution < 1.29 is 14.0 Å². The van der Waals surface area contributed by atoms with Crippen molar-refractivity contribution in [1.82, 2.24) is 15.5 Å². The second kappa shape index (κ2) is 9.42. The van der Waals surface area contributed by atoms with Crippen LogP contribution in [0.2, 0.25) is 0 Å². The number of aliphatic imine (C=N–C) groups is 1. The maximum atomic E-state index is 11.9. The standard InChI is InChI=1S/C19H25N5O3/c1-4-21-19(23-12-15-9-10-16(27-15)17(20)25)22-11-13-5-7-14(8-6-13)18(26)24(2)3/h5-10H,4,11-12H2,1-3H3,(H2,20,25)(H2,21,22,23). The average molecular weight is 371 g/mol. The van der Waals surface area contributed by atoms with Gasteiger partial charge in [-0.05, 0) is 36.8 Å². The fourth-order valence-corrected chi connectivity index (χ4v) is 2.30. The van der Waals surface area contributed by atoms with Gasteiger partial charge in [-0.1, -0.05) is 12.1 Å². The first kappa shape index (κ1) is 20.0. The third-order valence-electron chi connectivity index (χ3n) is 3.71. The van der Waals surface area contributed by atoms with Crippen LogP contribution in [0.4, 0.5) is 0 Å². The van der Waals surface area contributed by atoms with Gasteiger partial charge in [-0.3, -0.25) is 9.59 Å². The van der Waals surface area contributed by atoms with E-state index in [1.807, 2.05) is 19.1 Å². The summed E-state index contributed by atoms with van der Waals surface area (Å²) in [5.74, 6) is 0.692. The fraction of sp³-hybridized carbons (Fsp3) is 0.316. The monoisotopic (exact) mass is 371 g/mol. The van der Waals surface area contributed by atoms with Gasteiger partial charge in [0.15, 0.2) is 11.7 Å². The van der Waals surface area contributed by atoms with Gasteiger partial charge < -0.3 is 25.7 Å². The minimum Gasteiger partial charge on any atom is -0.454 e. The molecule has 4 N–H and O–H groups in total. The van der Waals surface area contributed by atoms with Crippen molar-refractivity contribution >= 4 is 17.8 Å². The van der Waals surface area contributed by atoms with Gasteiger partial charge in [0.05, 0.1) is 13.1 Å². The molecule has 1 aromatic carbocycles. The Morgan fingerprint density at radius 2 is 1.81 bits per heavy atom. The molecular weight excluding hydrogens is 346 g/mol. The van der Waals surface area contributed by atoms with E-state index >= 15 is 0 Å². The number of amides is 2. The Kier molecular flexibility index (Phi) is 6.99. The number of hydrogen-bond donors (Lipinski definition) is 3. The summed E-state index contributed by atoms with van der Waals surface area (Å²) >= 11 is 0. The largest absolute Gasteiger partial charge is 0.454 e. The molecule has 8 heteroatoms. The molecule has 8 nitrogen and oxygen atoms in total. The zero-order valence-corrected chi connectivity index (χ0v) is 15.8. The smallest absolute Gasteiger partial charge is 0.284 e. The Morgan fingerprint density at radius 3 is 2.37 bits per heavy atom. The van der Waals surface area contributed by atoms with Crippen LogP contribution in [0.5, 0.6) is 0 Å². The molecule has 0 bridgehead atoms. The first-order chi connectivity index (χ1) is 12.9. The lowest BCUT2D eigenvalue weighted by Crippen LogP contribution is -2.36. The first-order valence-corrected chi connectivity index (χ1v) is 8.62. The Hall–Kier alpha value is -3.29. The van der Waals surface area contributed by atoms with E-state index in [-0.39, 0.29) is 11.7 Å². The maximum Gasteiger partial charge on any atom is 0.284 e. The van der Waals surface area contributed by atoms with Gasteiger partial charge in [0.2, 0.25) is 0 Å². The van der Waals surface area contributed by atoms with Crippen molar-refractivity contribution in [2.75, 3.05) is 20.6 Å². The van der Waals surface area contributed by atoms with Crippen LogP contribution >= 0.6 is 0 Å². The number of benzene rings is 1. The predicted octanol–water partition coefficient (Wildman–Crippen LogP) is 1.34. The van der Waals surface area contributed by atoms with Gasteiger partial charge in [-0.15, -0.1) is 0 Å². The third kappa shape index (κ3) is 5.88. The number of nitrogens with zero attached hydrogens (tertiary/aromatic N) is 2. The Labute approximate surface area is 158 Å². The molecule has 0 spiro atoms. The molecule has 0 fully saturated rings. The van der Waals surface area contributed by atoms with Crippen molar-refractivity contribution in [3.8, 4) is 0 Å². The van der Waals surface area contributed by atoms with Gasteiger partial charge in [0, 0.05) is 26.2 Å². The summed E-state index contributed by atoms with van der Waals surface area (Å²) in [6.45, 7) is 3.50. The van der Waals surface area contributed by atoms with Gasteiger partial charge in [-0.2, -0.15) is 0 Å². The molecule has 0 unspecified atom stereocenters. The van der Waals surface area contributed by atoms with Gasteiger partial charge in [-0.25, -0.2) is 4.99 Å². The van der Waals surface area contributed by atoms with Gasteiger partial charge >= 0.3 is 0 Å². The lowest BCUT2D eigenvalue weighted by molar-refractivity contribution is 0.0827. The predicted molar refractivity (Wildman–Crippen MR) is 103 cm³/mol. The summed E-state index contributed by atoms with van der Waals surface area (Å²) in [6.07, 6.45) is 0. The molecule has 2 aromatic rings. The molecule has 144 valence electrons. The maximum absolute atomic E-state index is 11.9. The number of primary amides is 1. The van der Waals surface area contributed by atoms with Crippen LogP contribution in [0.1, 0.15) is 39.2 Å². The van der Waals surface area contributed by atoms with E-state index in [0.717, 1.165) is 5.56 Å². The van der Waals surface area contributed by atoms with E-state index in [2.05, 4.69) is 15.6 Å². The fourth-order valence-electron chi connectivity index (χ4n) is 2.30. The van der Waals surface area contributed by atoms with Gasteiger partial charge in [0.25, 0.3) is 11.8 Å². The van der Waals surface area contributed by atoms with Crippen LogP contribution in [-0.2, 0) is 13.1 Å². The number of hydrogen-bond acceptors (Lipinski definition) is 4. The summed E-state index contributed by atoms with van der Waals surface area (Å²) in [4.78, 5) is 29.0. The molecule has 0 aliphatic heterocycles. The topological polar surface area (TPSA) is 113 Å². The summed E-state index contributed by atoms with van der Waals surface area (Å²) in [5, 5.41) is 6.28. The summed E-state index contributed by atoms with van der Waals surface area (Å²) in [6, 6.07) is 10.6. The molecule has 27 heavy (non-hydrogen) atoms. The lowest BCUT2D eigenvalue weighted by atomic mass is 10.1. The molecule has 0 aliphatic rings. The first-order valence-electron chi connectivity index (χ1n) is 8.62. The van der Waals surface area contributed by atoms with Crippen LogP contribution in [0, 0.1) is 0 Å². The van der Waals surface area contributed by atoms with Crippen molar-refractivity contribution in [3.05, 3.63) is 59.0 Å². The molecule has 2 amide bonds. The van der Waals surface area contributed by atoms with Crippen LogP contribution in [0.3, 0.4) is 0 Å². The molecule has 1 heterocycles. The van der Waals surface area contributed by atoms with E-state index < -0.39 is 5.91 Å². The zero-order chi connectivity index (χ0) is 19.8. The van der Waals surface area contributed by atoms with Crippen molar-refractivity contribution in [2.24, 2.45) is 10.7 Å². The van der Waals surface area contributed by atoms with Crippen molar-refractivity contribution in [1.29, 1.82) is 0 Å². The van der Waals surface area contributed by atoms with E-state index in [9.17, 15) is 9.59 Å². The second-order valence-corrected chi connectivity index (χ2v) is 6.08. The highest BCUT2D eigenvalue weighted by Gasteiger charge is 2.08. The van der Waals surface area contributed by atoms with Gasteiger partial charge in [0.1, 0.15) is 5.76 Å². The number of guanidine groups is 1. The number of furan rings is 1. The number of carbonyl (C=O) groups is 2. The number of carbonyl (C=O) groups excluding carboxylic acids is 2. The van der Waals surface area contributed by atoms with Crippen molar-refractivity contribution in [3.63, 3.8) is 0 Å². The van der Waals surface area contributed by atoms with Crippen LogP contribution in [0.15, 0.2) is 45.8 Å². The number of rotatable bonds is 7. The van der Waals surface area contributed by atoms with E-state index in [1.165, 1.54) is 0 Å². The minimum atomic E-state index is -0.599. The average Bonchev–Trinajstić information content (AvgIpc) is 3.13. The Morgan fingerprint density at radius 1 is 1.11 bits per heavy atom. The Bertz CT molecular complexity index is 809. The van der Waals surface area contributed by atoms with Crippen LogP contribution < -0.4 is 16.4 Å². The number of nitrogens with one attached hydrogen (secondary N) is 2. The molecule has 0 aliphatic carbocycles. The second-order valence-electron chi connectivity index (χ2n) is 6.08. The molecule has 0 saturated carbocycles. The Balaban J connectivity index is 1.97. The van der Waals surface area contributed by atoms with Crippen LogP contribution in [-0.4, -0.2) is 43.3 Å². The highest BCUT2D eigenvalue weighted by molar-refractivity contribution is 5.93. The molecule has 0 saturated heterocycles. The van der Waals surface area contributed by atoms with E-state index in [0.29, 0.717) is 36.9 Å². The number of nitrogens with two attached hydrogens (primary N) is 1. The minimum absolute atomic E-state index is 0.0335. The highest BCUT2D eigenvalue weighted by Crippen LogP contribution is 2.08. The quantitative estimate of drug-likeness (QED) is 0.502. The molecular formula is C19H25N5O3. The normalized spacial score (nSPS) is 11.1. The van der Waals surface area contributed by atoms with E-state index in [4.69, 9.17) is 10.2 Å². The molecule has 0 radical (unpaired) electrons. The third-order valence-corrected chi connectivity index (χ3v) is 3.71.